The van der Waals surface area contributed by atoms with Gasteiger partial charge in [-0.2, -0.15) is 23.5 Å². The van der Waals surface area contributed by atoms with Gasteiger partial charge in [0, 0.05) is 18.0 Å². The van der Waals surface area contributed by atoms with Gasteiger partial charge in [-0.15, -0.1) is 0 Å². The Morgan fingerprint density at radius 2 is 1.86 bits per heavy atom. The molecule has 1 N–H and O–H groups in total. The van der Waals surface area contributed by atoms with Gasteiger partial charge in [0.2, 0.25) is 0 Å². The van der Waals surface area contributed by atoms with Crippen LogP contribution < -0.4 is 5.56 Å². The fourth-order valence-corrected chi connectivity index (χ4v) is 4.20. The van der Waals surface area contributed by atoms with Crippen LogP contribution in [0.4, 0.5) is 17.6 Å². The summed E-state index contributed by atoms with van der Waals surface area (Å²) >= 11 is 0. The lowest BCUT2D eigenvalue weighted by Gasteiger charge is -2.34. The van der Waals surface area contributed by atoms with Gasteiger partial charge in [0.05, 0.1) is 18.4 Å². The van der Waals surface area contributed by atoms with Crippen LogP contribution in [-0.4, -0.2) is 34.7 Å². The van der Waals surface area contributed by atoms with Gasteiger partial charge < -0.3 is 4.98 Å². The second-order valence-electron chi connectivity index (χ2n) is 8.26. The summed E-state index contributed by atoms with van der Waals surface area (Å²) in [5.74, 6) is -0.206. The largest absolute Gasteiger partial charge is 0.433 e. The SMILES string of the molecule is CC(c1ccc(C(F)(F)F)nc1)n1nc(C#N)c2c(=O)[nH]c([C@H]3CC[C@@H]3c3ncc(F)cn3)nc21. The third-order valence-corrected chi connectivity index (χ3v) is 6.21. The zero-order valence-electron chi connectivity index (χ0n) is 18.1. The smallest absolute Gasteiger partial charge is 0.310 e. The molecule has 1 unspecified atom stereocenters. The zero-order chi connectivity index (χ0) is 24.9. The molecule has 1 saturated carbocycles. The Balaban J connectivity index is 1.56. The summed E-state index contributed by atoms with van der Waals surface area (Å²) in [4.78, 5) is 31.8. The maximum atomic E-state index is 13.2. The monoisotopic (exact) mass is 484 g/mol. The van der Waals surface area contributed by atoms with E-state index in [1.807, 2.05) is 6.07 Å². The molecule has 0 amide bonds. The van der Waals surface area contributed by atoms with E-state index in [2.05, 4.69) is 30.0 Å². The molecule has 3 atom stereocenters. The third-order valence-electron chi connectivity index (χ3n) is 6.21. The third kappa shape index (κ3) is 3.90. The van der Waals surface area contributed by atoms with Crippen molar-refractivity contribution in [1.82, 2.24) is 34.7 Å². The number of hydrogen-bond donors (Lipinski definition) is 1. The summed E-state index contributed by atoms with van der Waals surface area (Å²) in [6, 6.07) is 3.32. The molecule has 0 spiro atoms. The van der Waals surface area contributed by atoms with E-state index in [4.69, 9.17) is 0 Å². The lowest BCUT2D eigenvalue weighted by atomic mass is 9.72. The van der Waals surface area contributed by atoms with Gasteiger partial charge in [-0.3, -0.25) is 9.78 Å². The van der Waals surface area contributed by atoms with Crippen LogP contribution in [0, 0.1) is 17.1 Å². The van der Waals surface area contributed by atoms with Crippen LogP contribution in [0.15, 0.2) is 35.5 Å². The molecule has 0 bridgehead atoms. The van der Waals surface area contributed by atoms with Crippen molar-refractivity contribution in [3.63, 3.8) is 0 Å². The van der Waals surface area contributed by atoms with E-state index in [1.54, 1.807) is 6.92 Å². The standard InChI is InChI=1S/C22H16F4N8O/c1-10(11-2-5-16(28-7-11)22(24,25)26)34-20-17(15(6-27)33-34)21(35)32-19(31-20)14-4-3-13(14)18-29-8-12(23)9-30-18/h2,5,7-10,13-14H,3-4H2,1H3,(H,31,32,35)/t10?,13-,14-/m0/s1. The van der Waals surface area contributed by atoms with Gasteiger partial charge in [0.25, 0.3) is 5.56 Å². The van der Waals surface area contributed by atoms with Crippen LogP contribution in [0.2, 0.25) is 0 Å². The molecule has 1 fully saturated rings. The average Bonchev–Trinajstić information content (AvgIpc) is 3.18. The van der Waals surface area contributed by atoms with Crippen molar-refractivity contribution < 1.29 is 17.6 Å². The predicted octanol–water partition coefficient (Wildman–Crippen LogP) is 3.60. The normalized spacial score (nSPS) is 18.7. The molecule has 4 aromatic heterocycles. The number of nitriles is 1. The number of nitrogens with zero attached hydrogens (tertiary/aromatic N) is 7. The van der Waals surface area contributed by atoms with Crippen molar-refractivity contribution >= 4 is 11.0 Å². The number of pyridine rings is 1. The molecule has 9 nitrogen and oxygen atoms in total. The average molecular weight is 484 g/mol. The predicted molar refractivity (Wildman–Crippen MR) is 113 cm³/mol. The molecular formula is C22H16F4N8O. The van der Waals surface area contributed by atoms with Gasteiger partial charge in [-0.1, -0.05) is 6.07 Å². The minimum atomic E-state index is -4.58. The van der Waals surface area contributed by atoms with Gasteiger partial charge in [-0.25, -0.2) is 24.0 Å². The topological polar surface area (TPSA) is 126 Å². The van der Waals surface area contributed by atoms with Crippen LogP contribution in [0.25, 0.3) is 11.0 Å². The van der Waals surface area contributed by atoms with Crippen molar-refractivity contribution in [2.45, 2.75) is 43.8 Å². The van der Waals surface area contributed by atoms with E-state index < -0.39 is 29.3 Å². The number of fused-ring (bicyclic) bond motifs is 1. The van der Waals surface area contributed by atoms with Gasteiger partial charge in [0.1, 0.15) is 28.8 Å². The number of alkyl halides is 3. The van der Waals surface area contributed by atoms with E-state index >= 15 is 0 Å². The highest BCUT2D eigenvalue weighted by Crippen LogP contribution is 2.46. The van der Waals surface area contributed by atoms with Gasteiger partial charge in [0.15, 0.2) is 17.2 Å². The number of aromatic nitrogens is 7. The van der Waals surface area contributed by atoms with Crippen molar-refractivity contribution in [3.8, 4) is 6.07 Å². The summed E-state index contributed by atoms with van der Waals surface area (Å²) in [6.07, 6.45) is 0.0442. The number of nitrogens with one attached hydrogen (secondary N) is 1. The van der Waals surface area contributed by atoms with E-state index in [1.165, 1.54) is 10.7 Å². The molecule has 4 heterocycles. The van der Waals surface area contributed by atoms with Crippen LogP contribution in [-0.2, 0) is 6.18 Å². The lowest BCUT2D eigenvalue weighted by Crippen LogP contribution is -2.28. The highest BCUT2D eigenvalue weighted by molar-refractivity contribution is 5.80. The molecule has 0 aromatic carbocycles. The molecule has 5 rings (SSSR count). The highest BCUT2D eigenvalue weighted by atomic mass is 19.4. The quantitative estimate of drug-likeness (QED) is 0.439. The maximum Gasteiger partial charge on any atom is 0.433 e. The van der Waals surface area contributed by atoms with Gasteiger partial charge >= 0.3 is 6.18 Å². The van der Waals surface area contributed by atoms with Crippen molar-refractivity contribution in [2.75, 3.05) is 0 Å². The Bertz CT molecular complexity index is 1500. The van der Waals surface area contributed by atoms with Crippen molar-refractivity contribution in [1.29, 1.82) is 5.26 Å². The first kappa shape index (κ1) is 22.6. The van der Waals surface area contributed by atoms with Crippen molar-refractivity contribution in [2.24, 2.45) is 0 Å². The van der Waals surface area contributed by atoms with E-state index in [0.29, 0.717) is 30.1 Å². The molecule has 0 aliphatic heterocycles. The molecule has 0 radical (unpaired) electrons. The molecule has 35 heavy (non-hydrogen) atoms. The maximum absolute atomic E-state index is 13.2. The molecule has 4 aromatic rings. The first-order valence-electron chi connectivity index (χ1n) is 10.6. The van der Waals surface area contributed by atoms with Crippen LogP contribution in [0.1, 0.15) is 66.2 Å². The summed E-state index contributed by atoms with van der Waals surface area (Å²) in [6.45, 7) is 1.65. The number of rotatable bonds is 4. The Labute approximate surface area is 194 Å². The fraction of sp³-hybridized carbons (Fsp3) is 0.318. The fourth-order valence-electron chi connectivity index (χ4n) is 4.20. The minimum Gasteiger partial charge on any atom is -0.310 e. The van der Waals surface area contributed by atoms with E-state index in [-0.39, 0.29) is 28.6 Å². The highest BCUT2D eigenvalue weighted by Gasteiger charge is 2.38. The summed E-state index contributed by atoms with van der Waals surface area (Å²) in [7, 11) is 0. The second-order valence-corrected chi connectivity index (χ2v) is 8.26. The molecule has 0 saturated heterocycles. The molecule has 178 valence electrons. The number of H-pyrrole nitrogens is 1. The number of hydrogen-bond acceptors (Lipinski definition) is 7. The first-order valence-corrected chi connectivity index (χ1v) is 10.6. The summed E-state index contributed by atoms with van der Waals surface area (Å²) in [5, 5.41) is 13.7. The minimum absolute atomic E-state index is 0.0168. The Kier molecular flexibility index (Phi) is 5.31. The van der Waals surface area contributed by atoms with E-state index in [0.717, 1.165) is 24.7 Å². The van der Waals surface area contributed by atoms with E-state index in [9.17, 15) is 27.6 Å². The Morgan fingerprint density at radius 3 is 2.43 bits per heavy atom. The molecule has 1 aliphatic carbocycles. The Hall–Kier alpha value is -4.21. The number of aromatic amines is 1. The first-order chi connectivity index (χ1) is 16.7. The van der Waals surface area contributed by atoms with Crippen molar-refractivity contribution in [3.05, 3.63) is 75.5 Å². The molecule has 13 heteroatoms. The van der Waals surface area contributed by atoms with Crippen LogP contribution in [0.3, 0.4) is 0 Å². The second kappa shape index (κ2) is 8.23. The molecule has 1 aliphatic rings. The van der Waals surface area contributed by atoms with Crippen LogP contribution >= 0.6 is 0 Å². The van der Waals surface area contributed by atoms with Gasteiger partial charge in [-0.05, 0) is 31.4 Å². The number of halogens is 4. The zero-order valence-corrected chi connectivity index (χ0v) is 18.1. The summed E-state index contributed by atoms with van der Waals surface area (Å²) < 4.78 is 53.2. The molecular weight excluding hydrogens is 468 g/mol. The Morgan fingerprint density at radius 1 is 1.14 bits per heavy atom. The lowest BCUT2D eigenvalue weighted by molar-refractivity contribution is -0.141. The van der Waals surface area contributed by atoms with Crippen LogP contribution in [0.5, 0.6) is 0 Å². The summed E-state index contributed by atoms with van der Waals surface area (Å²) in [5.41, 5.74) is -1.24.